The number of methoxy groups -OCH3 is 2. The number of Topliss-reactive ketones (excluding diaryl/α,β-unsaturated/α-hetero) is 1. The van der Waals surface area contributed by atoms with Crippen LogP contribution in [-0.2, 0) is 24.5 Å². The first kappa shape index (κ1) is 20.9. The number of benzene rings is 2. The molecule has 0 unspecified atom stereocenters. The van der Waals surface area contributed by atoms with E-state index in [1.54, 1.807) is 0 Å². The highest BCUT2D eigenvalue weighted by atomic mass is 32.2. The number of ketones is 1. The normalized spacial score (nSPS) is 11.8. The second-order valence-electron chi connectivity index (χ2n) is 5.72. The van der Waals surface area contributed by atoms with Gasteiger partial charge < -0.3 is 9.47 Å². The minimum Gasteiger partial charge on any atom is -0.497 e. The molecule has 0 aliphatic rings. The van der Waals surface area contributed by atoms with Crippen LogP contribution in [0.4, 0.5) is 0 Å². The van der Waals surface area contributed by atoms with E-state index in [4.69, 9.17) is 9.47 Å². The SMILES string of the molecule is COc1ccc(S(=O)(=O)CCC(=O)CS(=O)(=O)c2ccc(OC)cc2)cc1. The summed E-state index contributed by atoms with van der Waals surface area (Å²) in [6.45, 7) is 0. The summed E-state index contributed by atoms with van der Waals surface area (Å²) in [4.78, 5) is 12.1. The molecule has 0 saturated heterocycles. The number of hydrogen-bond donors (Lipinski definition) is 0. The first-order chi connectivity index (χ1) is 12.7. The van der Waals surface area contributed by atoms with Crippen LogP contribution in [0.25, 0.3) is 0 Å². The molecule has 7 nitrogen and oxygen atoms in total. The van der Waals surface area contributed by atoms with E-state index >= 15 is 0 Å². The van der Waals surface area contributed by atoms with E-state index in [0.717, 1.165) is 0 Å². The van der Waals surface area contributed by atoms with Gasteiger partial charge in [0, 0.05) is 6.42 Å². The molecule has 2 aromatic rings. The Bertz CT molecular complexity index is 991. The van der Waals surface area contributed by atoms with Crippen molar-refractivity contribution in [2.45, 2.75) is 16.2 Å². The van der Waals surface area contributed by atoms with E-state index in [0.29, 0.717) is 11.5 Å². The smallest absolute Gasteiger partial charge is 0.185 e. The molecule has 0 heterocycles. The van der Waals surface area contributed by atoms with E-state index in [9.17, 15) is 21.6 Å². The third kappa shape index (κ3) is 5.54. The van der Waals surface area contributed by atoms with Crippen molar-refractivity contribution in [2.24, 2.45) is 0 Å². The summed E-state index contributed by atoms with van der Waals surface area (Å²) >= 11 is 0. The maximum atomic E-state index is 12.3. The predicted molar refractivity (Wildman–Crippen MR) is 99.7 cm³/mol. The van der Waals surface area contributed by atoms with Gasteiger partial charge in [-0.2, -0.15) is 0 Å². The van der Waals surface area contributed by atoms with Gasteiger partial charge in [-0.25, -0.2) is 16.8 Å². The molecular weight excluding hydrogens is 392 g/mol. The zero-order valence-electron chi connectivity index (χ0n) is 14.9. The van der Waals surface area contributed by atoms with E-state index in [1.807, 2.05) is 0 Å². The van der Waals surface area contributed by atoms with Crippen molar-refractivity contribution in [2.75, 3.05) is 25.7 Å². The van der Waals surface area contributed by atoms with Crippen LogP contribution in [0.2, 0.25) is 0 Å². The number of carbonyl (C=O) groups excluding carboxylic acids is 1. The standard InChI is InChI=1S/C18H20O7S2/c1-24-15-3-7-17(8-4-15)26(20,21)12-11-14(19)13-27(22,23)18-9-5-16(25-2)6-10-18/h3-10H,11-13H2,1-2H3. The van der Waals surface area contributed by atoms with Crippen molar-refractivity contribution in [1.29, 1.82) is 0 Å². The Hall–Kier alpha value is -2.39. The maximum Gasteiger partial charge on any atom is 0.185 e. The number of rotatable bonds is 9. The molecule has 0 radical (unpaired) electrons. The fourth-order valence-electron chi connectivity index (χ4n) is 2.30. The van der Waals surface area contributed by atoms with Gasteiger partial charge in [0.15, 0.2) is 19.7 Å². The molecule has 27 heavy (non-hydrogen) atoms. The van der Waals surface area contributed by atoms with Gasteiger partial charge in [0.05, 0.1) is 29.8 Å². The molecular formula is C18H20O7S2. The van der Waals surface area contributed by atoms with Gasteiger partial charge in [0.2, 0.25) is 0 Å². The van der Waals surface area contributed by atoms with Crippen molar-refractivity contribution in [3.63, 3.8) is 0 Å². The van der Waals surface area contributed by atoms with E-state index in [2.05, 4.69) is 0 Å². The zero-order valence-corrected chi connectivity index (χ0v) is 16.5. The van der Waals surface area contributed by atoms with Gasteiger partial charge in [-0.1, -0.05) is 0 Å². The lowest BCUT2D eigenvalue weighted by atomic mass is 10.3. The van der Waals surface area contributed by atoms with Crippen molar-refractivity contribution in [1.82, 2.24) is 0 Å². The minimum absolute atomic E-state index is 0.0188. The van der Waals surface area contributed by atoms with Crippen LogP contribution >= 0.6 is 0 Å². The molecule has 0 aliphatic carbocycles. The fraction of sp³-hybridized carbons (Fsp3) is 0.278. The summed E-state index contributed by atoms with van der Waals surface area (Å²) in [5, 5.41) is 0. The van der Waals surface area contributed by atoms with E-state index in [-0.39, 0.29) is 16.2 Å². The minimum atomic E-state index is -3.84. The topological polar surface area (TPSA) is 104 Å². The predicted octanol–water partition coefficient (Wildman–Crippen LogP) is 1.91. The molecule has 0 spiro atoms. The second kappa shape index (κ2) is 8.53. The van der Waals surface area contributed by atoms with Crippen molar-refractivity contribution in [3.05, 3.63) is 48.5 Å². The lowest BCUT2D eigenvalue weighted by molar-refractivity contribution is -0.116. The molecule has 9 heteroatoms. The third-order valence-electron chi connectivity index (χ3n) is 3.84. The highest BCUT2D eigenvalue weighted by Gasteiger charge is 2.22. The number of ether oxygens (including phenoxy) is 2. The van der Waals surface area contributed by atoms with Crippen molar-refractivity contribution < 1.29 is 31.1 Å². The third-order valence-corrected chi connectivity index (χ3v) is 7.26. The molecule has 0 bridgehead atoms. The van der Waals surface area contributed by atoms with Crippen molar-refractivity contribution in [3.8, 4) is 11.5 Å². The molecule has 2 aromatic carbocycles. The van der Waals surface area contributed by atoms with Gasteiger partial charge in [0.25, 0.3) is 0 Å². The average Bonchev–Trinajstić information content (AvgIpc) is 2.66. The molecule has 2 rings (SSSR count). The first-order valence-electron chi connectivity index (χ1n) is 7.93. The van der Waals surface area contributed by atoms with Crippen LogP contribution in [-0.4, -0.2) is 48.3 Å². The quantitative estimate of drug-likeness (QED) is 0.620. The molecule has 0 N–H and O–H groups in total. The summed E-state index contributed by atoms with van der Waals surface area (Å²) in [7, 11) is -4.62. The Kier molecular flexibility index (Phi) is 6.61. The van der Waals surface area contributed by atoms with E-state index < -0.39 is 37.0 Å². The Morgan fingerprint density at radius 1 is 0.741 bits per heavy atom. The average molecular weight is 412 g/mol. The Morgan fingerprint density at radius 3 is 1.56 bits per heavy atom. The van der Waals surface area contributed by atoms with Crippen molar-refractivity contribution >= 4 is 25.5 Å². The summed E-state index contributed by atoms with van der Waals surface area (Å²) < 4.78 is 59.1. The van der Waals surface area contributed by atoms with Crippen LogP contribution in [0.3, 0.4) is 0 Å². The molecule has 0 saturated carbocycles. The zero-order chi connectivity index (χ0) is 20.1. The summed E-state index contributed by atoms with van der Waals surface area (Å²) in [6.07, 6.45) is -0.385. The molecule has 0 fully saturated rings. The lowest BCUT2D eigenvalue weighted by Gasteiger charge is -2.07. The van der Waals surface area contributed by atoms with Crippen LogP contribution in [0.1, 0.15) is 6.42 Å². The fourth-order valence-corrected chi connectivity index (χ4v) is 4.87. The summed E-state index contributed by atoms with van der Waals surface area (Å²) in [6, 6.07) is 11.4. The van der Waals surface area contributed by atoms with Gasteiger partial charge >= 0.3 is 0 Å². The monoisotopic (exact) mass is 412 g/mol. The number of carbonyl (C=O) groups is 1. The highest BCUT2D eigenvalue weighted by molar-refractivity contribution is 7.92. The Morgan fingerprint density at radius 2 is 1.15 bits per heavy atom. The van der Waals surface area contributed by atoms with Crippen LogP contribution in [0, 0.1) is 0 Å². The van der Waals surface area contributed by atoms with Gasteiger partial charge in [0.1, 0.15) is 23.0 Å². The number of hydrogen-bond acceptors (Lipinski definition) is 7. The lowest BCUT2D eigenvalue weighted by Crippen LogP contribution is -2.19. The molecule has 146 valence electrons. The molecule has 0 aromatic heterocycles. The Labute approximate surface area is 158 Å². The summed E-state index contributed by atoms with van der Waals surface area (Å²) in [5.74, 6) is -0.877. The Balaban J connectivity index is 2.01. The maximum absolute atomic E-state index is 12.3. The second-order valence-corrected chi connectivity index (χ2v) is 9.82. The largest absolute Gasteiger partial charge is 0.497 e. The van der Waals surface area contributed by atoms with Gasteiger partial charge in [-0.05, 0) is 48.5 Å². The number of sulfone groups is 2. The van der Waals surface area contributed by atoms with Gasteiger partial charge in [-0.15, -0.1) is 0 Å². The first-order valence-corrected chi connectivity index (χ1v) is 11.2. The van der Waals surface area contributed by atoms with Crippen LogP contribution in [0.15, 0.2) is 58.3 Å². The van der Waals surface area contributed by atoms with Crippen LogP contribution < -0.4 is 9.47 Å². The van der Waals surface area contributed by atoms with E-state index in [1.165, 1.54) is 62.8 Å². The molecule has 0 amide bonds. The summed E-state index contributed by atoms with van der Waals surface area (Å²) in [5.41, 5.74) is 0. The molecule has 0 aliphatic heterocycles. The molecule has 0 atom stereocenters. The highest BCUT2D eigenvalue weighted by Crippen LogP contribution is 2.19. The van der Waals surface area contributed by atoms with Crippen LogP contribution in [0.5, 0.6) is 11.5 Å². The van der Waals surface area contributed by atoms with Gasteiger partial charge in [-0.3, -0.25) is 4.79 Å².